The Hall–Kier alpha value is -3.75. The van der Waals surface area contributed by atoms with Gasteiger partial charge in [0.1, 0.15) is 12.4 Å². The molecule has 0 radical (unpaired) electrons. The number of piperidine rings is 1. The van der Waals surface area contributed by atoms with E-state index >= 15 is 4.39 Å². The zero-order valence-corrected chi connectivity index (χ0v) is 18.5. The number of halogens is 1. The first kappa shape index (κ1) is 21.1. The number of amides is 1. The third-order valence-electron chi connectivity index (χ3n) is 6.54. The molecule has 0 bridgehead atoms. The van der Waals surface area contributed by atoms with Crippen LogP contribution in [0, 0.1) is 5.82 Å². The van der Waals surface area contributed by atoms with Gasteiger partial charge in [0.05, 0.1) is 22.9 Å². The van der Waals surface area contributed by atoms with Crippen LogP contribution in [-0.4, -0.2) is 54.5 Å². The maximum Gasteiger partial charge on any atom is 0.325 e. The fourth-order valence-electron chi connectivity index (χ4n) is 4.86. The first-order valence-electron chi connectivity index (χ1n) is 10.9. The number of aliphatic carboxylic acids is 1. The van der Waals surface area contributed by atoms with Gasteiger partial charge in [-0.3, -0.25) is 19.0 Å². The van der Waals surface area contributed by atoms with Crippen molar-refractivity contribution in [2.24, 2.45) is 7.05 Å². The van der Waals surface area contributed by atoms with E-state index in [0.717, 1.165) is 29.4 Å². The Morgan fingerprint density at radius 1 is 1.15 bits per heavy atom. The van der Waals surface area contributed by atoms with Crippen LogP contribution in [0.2, 0.25) is 0 Å². The molecule has 0 spiro atoms. The average molecular weight is 449 g/mol. The first-order chi connectivity index (χ1) is 15.8. The summed E-state index contributed by atoms with van der Waals surface area (Å²) in [7, 11) is 1.81. The van der Waals surface area contributed by atoms with Crippen LogP contribution in [0.1, 0.15) is 31.4 Å². The number of fused-ring (bicyclic) bond motifs is 2. The van der Waals surface area contributed by atoms with Gasteiger partial charge in [-0.2, -0.15) is 10.2 Å². The molecule has 170 valence electrons. The SMILES string of the molecule is CC(=O)N1CCC(c2nn(CC(=O)O)c3cccc(-c4cc5c(cnn5C)cc4F)c23)CC1. The van der Waals surface area contributed by atoms with E-state index in [9.17, 15) is 14.7 Å². The van der Waals surface area contributed by atoms with Crippen LogP contribution in [0.3, 0.4) is 0 Å². The molecule has 8 nitrogen and oxygen atoms in total. The summed E-state index contributed by atoms with van der Waals surface area (Å²) in [5.41, 5.74) is 3.32. The van der Waals surface area contributed by atoms with Crippen LogP contribution in [-0.2, 0) is 23.2 Å². The zero-order valence-electron chi connectivity index (χ0n) is 18.5. The predicted molar refractivity (Wildman–Crippen MR) is 121 cm³/mol. The number of nitrogens with zero attached hydrogens (tertiary/aromatic N) is 5. The number of hydrogen-bond donors (Lipinski definition) is 1. The highest BCUT2D eigenvalue weighted by Crippen LogP contribution is 2.39. The monoisotopic (exact) mass is 449 g/mol. The van der Waals surface area contributed by atoms with Crippen molar-refractivity contribution >= 4 is 33.7 Å². The lowest BCUT2D eigenvalue weighted by molar-refractivity contribution is -0.137. The predicted octanol–water partition coefficient (Wildman–Crippen LogP) is 3.54. The standard InChI is InChI=1S/C24H24FN5O3/c1-14(31)29-8-6-15(7-9-29)24-23-17(4-3-5-20(23)30(27-24)13-22(32)33)18-11-21-16(10-19(18)25)12-26-28(21)2/h3-5,10-12,15H,6-9,13H2,1-2H3,(H,32,33). The first-order valence-corrected chi connectivity index (χ1v) is 10.9. The summed E-state index contributed by atoms with van der Waals surface area (Å²) in [5.74, 6) is -1.28. The number of likely N-dealkylation sites (tertiary alicyclic amines) is 1. The quantitative estimate of drug-likeness (QED) is 0.514. The summed E-state index contributed by atoms with van der Waals surface area (Å²) in [6.45, 7) is 2.51. The Bertz CT molecular complexity index is 1400. The van der Waals surface area contributed by atoms with E-state index in [-0.39, 0.29) is 24.2 Å². The van der Waals surface area contributed by atoms with Gasteiger partial charge in [0.2, 0.25) is 5.91 Å². The molecule has 1 amide bonds. The normalized spacial score (nSPS) is 14.9. The van der Waals surface area contributed by atoms with E-state index in [1.165, 1.54) is 10.7 Å². The van der Waals surface area contributed by atoms with Gasteiger partial charge in [-0.05, 0) is 36.6 Å². The fraction of sp³-hybridized carbons (Fsp3) is 0.333. The molecule has 0 saturated carbocycles. The van der Waals surface area contributed by atoms with Crippen molar-refractivity contribution in [2.75, 3.05) is 13.1 Å². The van der Waals surface area contributed by atoms with Crippen molar-refractivity contribution < 1.29 is 19.1 Å². The van der Waals surface area contributed by atoms with Crippen molar-refractivity contribution in [1.29, 1.82) is 0 Å². The second-order valence-corrected chi connectivity index (χ2v) is 8.58. The van der Waals surface area contributed by atoms with Crippen molar-refractivity contribution in [1.82, 2.24) is 24.5 Å². The molecule has 1 saturated heterocycles. The minimum Gasteiger partial charge on any atom is -0.480 e. The van der Waals surface area contributed by atoms with Crippen LogP contribution >= 0.6 is 0 Å². The molecule has 3 heterocycles. The molecule has 2 aromatic heterocycles. The van der Waals surface area contributed by atoms with Crippen molar-refractivity contribution in [3.05, 3.63) is 48.0 Å². The van der Waals surface area contributed by atoms with Gasteiger partial charge in [-0.25, -0.2) is 4.39 Å². The Labute approximate surface area is 189 Å². The van der Waals surface area contributed by atoms with Crippen LogP contribution < -0.4 is 0 Å². The van der Waals surface area contributed by atoms with Crippen LogP contribution in [0.25, 0.3) is 32.9 Å². The van der Waals surface area contributed by atoms with Gasteiger partial charge in [0.15, 0.2) is 0 Å². The van der Waals surface area contributed by atoms with Gasteiger partial charge in [0.25, 0.3) is 0 Å². The molecule has 33 heavy (non-hydrogen) atoms. The molecule has 9 heteroatoms. The molecular formula is C24H24FN5O3. The van der Waals surface area contributed by atoms with Gasteiger partial charge < -0.3 is 10.0 Å². The molecular weight excluding hydrogens is 425 g/mol. The molecule has 2 aromatic carbocycles. The number of carbonyl (C=O) groups is 2. The lowest BCUT2D eigenvalue weighted by atomic mass is 9.89. The summed E-state index contributed by atoms with van der Waals surface area (Å²) in [6.07, 6.45) is 3.06. The summed E-state index contributed by atoms with van der Waals surface area (Å²) in [4.78, 5) is 25.1. The Kier molecular flexibility index (Phi) is 5.11. The maximum atomic E-state index is 15.3. The van der Waals surface area contributed by atoms with Gasteiger partial charge >= 0.3 is 5.97 Å². The lowest BCUT2D eigenvalue weighted by Crippen LogP contribution is -2.36. The number of carboxylic acids is 1. The summed E-state index contributed by atoms with van der Waals surface area (Å²) in [6, 6.07) is 8.73. The second kappa shape index (κ2) is 7.99. The fourth-order valence-corrected chi connectivity index (χ4v) is 4.86. The highest BCUT2D eigenvalue weighted by molar-refractivity contribution is 5.99. The third-order valence-corrected chi connectivity index (χ3v) is 6.54. The molecule has 4 aromatic rings. The number of aryl methyl sites for hydroxylation is 1. The number of rotatable bonds is 4. The Morgan fingerprint density at radius 3 is 2.61 bits per heavy atom. The highest BCUT2D eigenvalue weighted by Gasteiger charge is 2.28. The Balaban J connectivity index is 1.70. The molecule has 1 aliphatic heterocycles. The number of carboxylic acid groups (broad SMARTS) is 1. The van der Waals surface area contributed by atoms with E-state index in [0.29, 0.717) is 35.1 Å². The number of benzene rings is 2. The smallest absolute Gasteiger partial charge is 0.325 e. The molecule has 5 rings (SSSR count). The van der Waals surface area contributed by atoms with E-state index in [1.807, 2.05) is 24.1 Å². The van der Waals surface area contributed by atoms with Crippen LogP contribution in [0.4, 0.5) is 4.39 Å². The molecule has 1 fully saturated rings. The van der Waals surface area contributed by atoms with Gasteiger partial charge in [0, 0.05) is 49.3 Å². The van der Waals surface area contributed by atoms with Crippen LogP contribution in [0.15, 0.2) is 36.5 Å². The van der Waals surface area contributed by atoms with E-state index in [2.05, 4.69) is 5.10 Å². The molecule has 1 N–H and O–H groups in total. The molecule has 1 aliphatic rings. The number of carbonyl (C=O) groups excluding carboxylic acids is 1. The van der Waals surface area contributed by atoms with Crippen molar-refractivity contribution in [2.45, 2.75) is 32.2 Å². The average Bonchev–Trinajstić information content (AvgIpc) is 3.33. The van der Waals surface area contributed by atoms with Gasteiger partial charge in [-0.15, -0.1) is 0 Å². The van der Waals surface area contributed by atoms with E-state index in [4.69, 9.17) is 5.10 Å². The third kappa shape index (κ3) is 3.63. The molecule has 0 unspecified atom stereocenters. The van der Waals surface area contributed by atoms with Crippen LogP contribution in [0.5, 0.6) is 0 Å². The van der Waals surface area contributed by atoms with Gasteiger partial charge in [-0.1, -0.05) is 12.1 Å². The minimum absolute atomic E-state index is 0.0435. The van der Waals surface area contributed by atoms with Crippen molar-refractivity contribution in [3.63, 3.8) is 0 Å². The number of aromatic nitrogens is 4. The summed E-state index contributed by atoms with van der Waals surface area (Å²) >= 11 is 0. The number of hydrogen-bond acceptors (Lipinski definition) is 4. The largest absolute Gasteiger partial charge is 0.480 e. The Morgan fingerprint density at radius 2 is 1.91 bits per heavy atom. The van der Waals surface area contributed by atoms with Crippen molar-refractivity contribution in [3.8, 4) is 11.1 Å². The maximum absolute atomic E-state index is 15.3. The zero-order chi connectivity index (χ0) is 23.3. The van der Waals surface area contributed by atoms with E-state index < -0.39 is 5.97 Å². The second-order valence-electron chi connectivity index (χ2n) is 8.58. The summed E-state index contributed by atoms with van der Waals surface area (Å²) in [5, 5.41) is 19.8. The summed E-state index contributed by atoms with van der Waals surface area (Å²) < 4.78 is 18.5. The highest BCUT2D eigenvalue weighted by atomic mass is 19.1. The lowest BCUT2D eigenvalue weighted by Gasteiger charge is -2.30. The van der Waals surface area contributed by atoms with E-state index in [1.54, 1.807) is 29.9 Å². The molecule has 0 atom stereocenters. The topological polar surface area (TPSA) is 93.2 Å². The minimum atomic E-state index is -0.995. The molecule has 0 aliphatic carbocycles.